The van der Waals surface area contributed by atoms with Crippen LogP contribution in [0.4, 0.5) is 17.1 Å². The van der Waals surface area contributed by atoms with Gasteiger partial charge >= 0.3 is 0 Å². The van der Waals surface area contributed by atoms with E-state index in [0.29, 0.717) is 0 Å². The molecule has 0 radical (unpaired) electrons. The van der Waals surface area contributed by atoms with E-state index in [1.807, 2.05) is 11.3 Å². The van der Waals surface area contributed by atoms with Gasteiger partial charge in [0.25, 0.3) is 0 Å². The molecule has 10 aromatic carbocycles. The first-order valence-corrected chi connectivity index (χ1v) is 19.3. The number of hydrogen-bond acceptors (Lipinski definition) is 2. The van der Waals surface area contributed by atoms with E-state index in [0.717, 1.165) is 11.4 Å². The Kier molecular flexibility index (Phi) is 7.11. The van der Waals surface area contributed by atoms with Gasteiger partial charge in [0.15, 0.2) is 0 Å². The number of thiophene rings is 1. The quantitative estimate of drug-likeness (QED) is 0.161. The van der Waals surface area contributed by atoms with Gasteiger partial charge in [0.05, 0.1) is 10.4 Å². The van der Waals surface area contributed by atoms with Crippen molar-refractivity contribution in [3.05, 3.63) is 200 Å². The van der Waals surface area contributed by atoms with Gasteiger partial charge in [-0.3, -0.25) is 0 Å². The lowest BCUT2D eigenvalue weighted by molar-refractivity contribution is 1.30. The van der Waals surface area contributed by atoms with Gasteiger partial charge in [-0.2, -0.15) is 0 Å². The van der Waals surface area contributed by atoms with Crippen LogP contribution in [0.5, 0.6) is 0 Å². The molecule has 0 bridgehead atoms. The Bertz CT molecular complexity index is 3210. The minimum atomic E-state index is 1.12. The van der Waals surface area contributed by atoms with Gasteiger partial charge in [-0.25, -0.2) is 0 Å². The van der Waals surface area contributed by atoms with Gasteiger partial charge in [-0.05, 0) is 114 Å². The highest BCUT2D eigenvalue weighted by Crippen LogP contribution is 2.46. The summed E-state index contributed by atoms with van der Waals surface area (Å²) in [7, 11) is 0. The maximum atomic E-state index is 2.44. The van der Waals surface area contributed by atoms with Crippen LogP contribution in [0.3, 0.4) is 0 Å². The topological polar surface area (TPSA) is 3.24 Å². The van der Waals surface area contributed by atoms with Crippen LogP contribution in [0.1, 0.15) is 0 Å². The summed E-state index contributed by atoms with van der Waals surface area (Å²) < 4.78 is 2.59. The zero-order valence-electron chi connectivity index (χ0n) is 29.4. The standard InChI is InChI=1S/C52H33NS/c1-2-10-34(11-3-1)39-15-8-16-44(30-39)53(49-19-9-18-46-48-32-40-13-4-5-14-41(40)33-50(48)54-52(46)49)43-28-26-35(27-29-43)42-25-22-37-21-24-38-23-20-36-12-6-7-17-45(36)51(38)47(37)31-42/h1-33H. The van der Waals surface area contributed by atoms with Crippen molar-refractivity contribution in [3.63, 3.8) is 0 Å². The molecule has 0 amide bonds. The Morgan fingerprint density at radius 3 is 1.74 bits per heavy atom. The van der Waals surface area contributed by atoms with E-state index in [9.17, 15) is 0 Å². The molecule has 54 heavy (non-hydrogen) atoms. The lowest BCUT2D eigenvalue weighted by Crippen LogP contribution is -2.10. The second kappa shape index (κ2) is 12.4. The molecule has 11 rings (SSSR count). The van der Waals surface area contributed by atoms with E-state index in [2.05, 4.69) is 205 Å². The Balaban J connectivity index is 1.08. The molecule has 0 saturated heterocycles. The van der Waals surface area contributed by atoms with Crippen molar-refractivity contribution in [1.29, 1.82) is 0 Å². The summed E-state index contributed by atoms with van der Waals surface area (Å²) in [6.45, 7) is 0. The van der Waals surface area contributed by atoms with Crippen molar-refractivity contribution in [3.8, 4) is 22.3 Å². The zero-order valence-corrected chi connectivity index (χ0v) is 30.2. The first-order chi connectivity index (χ1) is 26.7. The molecule has 2 heteroatoms. The maximum Gasteiger partial charge on any atom is 0.0640 e. The average molecular weight is 704 g/mol. The molecule has 1 aromatic heterocycles. The predicted molar refractivity (Wildman–Crippen MR) is 235 cm³/mol. The van der Waals surface area contributed by atoms with Crippen LogP contribution in [0, 0.1) is 0 Å². The molecule has 1 heterocycles. The fourth-order valence-electron chi connectivity index (χ4n) is 8.34. The predicted octanol–water partition coefficient (Wildman–Crippen LogP) is 15.5. The van der Waals surface area contributed by atoms with Crippen LogP contribution in [0.15, 0.2) is 200 Å². The second-order valence-electron chi connectivity index (χ2n) is 14.1. The highest BCUT2D eigenvalue weighted by molar-refractivity contribution is 7.26. The molecule has 1 nitrogen and oxygen atoms in total. The molecule has 0 aliphatic carbocycles. The fraction of sp³-hybridized carbons (Fsp3) is 0. The highest BCUT2D eigenvalue weighted by Gasteiger charge is 2.19. The van der Waals surface area contributed by atoms with Crippen LogP contribution in [0.25, 0.3) is 85.5 Å². The van der Waals surface area contributed by atoms with Crippen LogP contribution in [-0.4, -0.2) is 0 Å². The van der Waals surface area contributed by atoms with Gasteiger partial charge < -0.3 is 4.90 Å². The SMILES string of the molecule is c1ccc(-c2cccc(N(c3ccc(-c4ccc5ccc6ccc7ccccc7c6c5c4)cc3)c3cccc4c3sc3cc5ccccc5cc34)c2)cc1. The van der Waals surface area contributed by atoms with Crippen molar-refractivity contribution in [2.24, 2.45) is 0 Å². The summed E-state index contributed by atoms with van der Waals surface area (Å²) in [4.78, 5) is 2.44. The van der Waals surface area contributed by atoms with Crippen molar-refractivity contribution < 1.29 is 0 Å². The Hall–Kier alpha value is -6.74. The maximum absolute atomic E-state index is 2.44. The third-order valence-corrected chi connectivity index (χ3v) is 12.2. The lowest BCUT2D eigenvalue weighted by Gasteiger charge is -2.27. The normalized spacial score (nSPS) is 11.7. The van der Waals surface area contributed by atoms with E-state index in [1.165, 1.54) is 91.2 Å². The Morgan fingerprint density at radius 1 is 0.315 bits per heavy atom. The first-order valence-electron chi connectivity index (χ1n) is 18.5. The molecule has 0 aliphatic heterocycles. The van der Waals surface area contributed by atoms with Crippen LogP contribution >= 0.6 is 11.3 Å². The number of nitrogens with zero attached hydrogens (tertiary/aromatic N) is 1. The first kappa shape index (κ1) is 30.8. The number of anilines is 3. The Labute approximate surface area is 317 Å². The third kappa shape index (κ3) is 5.07. The third-order valence-electron chi connectivity index (χ3n) is 11.0. The minimum Gasteiger partial charge on any atom is -0.309 e. The van der Waals surface area contributed by atoms with Crippen molar-refractivity contribution in [2.75, 3.05) is 4.90 Å². The molecule has 11 aromatic rings. The zero-order chi connectivity index (χ0) is 35.6. The van der Waals surface area contributed by atoms with E-state index in [-0.39, 0.29) is 0 Å². The highest BCUT2D eigenvalue weighted by atomic mass is 32.1. The summed E-state index contributed by atoms with van der Waals surface area (Å²) in [5.41, 5.74) is 8.24. The largest absolute Gasteiger partial charge is 0.309 e. The molecule has 0 saturated carbocycles. The summed E-state index contributed by atoms with van der Waals surface area (Å²) in [5.74, 6) is 0. The number of rotatable bonds is 5. The van der Waals surface area contributed by atoms with Gasteiger partial charge in [0.2, 0.25) is 0 Å². The summed E-state index contributed by atoms with van der Waals surface area (Å²) in [6.07, 6.45) is 0. The molecular formula is C52H33NS. The number of benzene rings is 10. The second-order valence-corrected chi connectivity index (χ2v) is 15.2. The summed E-state index contributed by atoms with van der Waals surface area (Å²) in [6, 6.07) is 73.5. The van der Waals surface area contributed by atoms with Crippen molar-refractivity contribution in [1.82, 2.24) is 0 Å². The van der Waals surface area contributed by atoms with Gasteiger partial charge in [0.1, 0.15) is 0 Å². The summed E-state index contributed by atoms with van der Waals surface area (Å²) in [5, 5.41) is 12.8. The lowest BCUT2D eigenvalue weighted by atomic mass is 9.94. The van der Waals surface area contributed by atoms with E-state index < -0.39 is 0 Å². The van der Waals surface area contributed by atoms with Crippen molar-refractivity contribution in [2.45, 2.75) is 0 Å². The summed E-state index contributed by atoms with van der Waals surface area (Å²) >= 11 is 1.88. The smallest absolute Gasteiger partial charge is 0.0640 e. The average Bonchev–Trinajstić information content (AvgIpc) is 3.61. The molecule has 0 N–H and O–H groups in total. The Morgan fingerprint density at radius 2 is 0.907 bits per heavy atom. The fourth-order valence-corrected chi connectivity index (χ4v) is 9.57. The van der Waals surface area contributed by atoms with E-state index in [4.69, 9.17) is 0 Å². The van der Waals surface area contributed by atoms with Crippen molar-refractivity contribution >= 4 is 91.7 Å². The van der Waals surface area contributed by atoms with Gasteiger partial charge in [0, 0.05) is 26.8 Å². The number of hydrogen-bond donors (Lipinski definition) is 0. The van der Waals surface area contributed by atoms with Crippen LogP contribution in [-0.2, 0) is 0 Å². The molecule has 0 atom stereocenters. The molecular weight excluding hydrogens is 671 g/mol. The molecule has 0 aliphatic rings. The van der Waals surface area contributed by atoms with E-state index >= 15 is 0 Å². The van der Waals surface area contributed by atoms with Gasteiger partial charge in [-0.15, -0.1) is 11.3 Å². The molecule has 252 valence electrons. The van der Waals surface area contributed by atoms with E-state index in [1.54, 1.807) is 0 Å². The molecule has 0 fully saturated rings. The molecule has 0 spiro atoms. The minimum absolute atomic E-state index is 1.12. The number of fused-ring (bicyclic) bond motifs is 9. The van der Waals surface area contributed by atoms with Crippen LogP contribution in [0.2, 0.25) is 0 Å². The molecule has 0 unspecified atom stereocenters. The van der Waals surface area contributed by atoms with Gasteiger partial charge in [-0.1, -0.05) is 152 Å². The van der Waals surface area contributed by atoms with Crippen LogP contribution < -0.4 is 4.90 Å². The monoisotopic (exact) mass is 703 g/mol.